The van der Waals surface area contributed by atoms with E-state index in [0.717, 1.165) is 5.56 Å². The third kappa shape index (κ3) is 10.2. The largest absolute Gasteiger partial charge is 0.468 e. The number of thioether (sulfide) groups is 1. The minimum atomic E-state index is -1.02. The number of amides is 3. The fraction of sp³-hybridized carbons (Fsp3) is 0.600. The fourth-order valence-electron chi connectivity index (χ4n) is 3.41. The molecule has 0 bridgehead atoms. The maximum Gasteiger partial charge on any atom is 0.408 e. The Labute approximate surface area is 212 Å². The van der Waals surface area contributed by atoms with E-state index >= 15 is 0 Å². The number of alkyl carbamates (subject to hydrolysis) is 1. The number of nitrogens with zero attached hydrogens (tertiary/aromatic N) is 1. The van der Waals surface area contributed by atoms with Crippen molar-refractivity contribution < 1.29 is 28.7 Å². The van der Waals surface area contributed by atoms with Gasteiger partial charge in [-0.25, -0.2) is 4.79 Å². The van der Waals surface area contributed by atoms with Crippen molar-refractivity contribution in [3.63, 3.8) is 0 Å². The van der Waals surface area contributed by atoms with E-state index in [1.807, 2.05) is 25.3 Å². The summed E-state index contributed by atoms with van der Waals surface area (Å²) < 4.78 is 9.99. The summed E-state index contributed by atoms with van der Waals surface area (Å²) in [5.41, 5.74) is 0.776. The van der Waals surface area contributed by atoms with Gasteiger partial charge in [-0.2, -0.15) is 11.8 Å². The van der Waals surface area contributed by atoms with E-state index in [-0.39, 0.29) is 6.54 Å². The van der Waals surface area contributed by atoms with E-state index in [9.17, 15) is 19.2 Å². The zero-order valence-corrected chi connectivity index (χ0v) is 22.8. The molecular formula is C25H39N3O6S. The topological polar surface area (TPSA) is 114 Å². The number of aryl methyl sites for hydroxylation is 1. The van der Waals surface area contributed by atoms with Crippen molar-refractivity contribution in [2.75, 3.05) is 25.7 Å². The third-order valence-electron chi connectivity index (χ3n) is 4.93. The van der Waals surface area contributed by atoms with Crippen LogP contribution in [0.1, 0.15) is 58.2 Å². The second-order valence-electron chi connectivity index (χ2n) is 9.43. The van der Waals surface area contributed by atoms with Crippen LogP contribution in [0.3, 0.4) is 0 Å². The van der Waals surface area contributed by atoms with E-state index in [4.69, 9.17) is 4.74 Å². The summed E-state index contributed by atoms with van der Waals surface area (Å²) in [6, 6.07) is 4.95. The molecule has 1 aromatic carbocycles. The summed E-state index contributed by atoms with van der Waals surface area (Å²) in [6.07, 6.45) is 1.56. The summed E-state index contributed by atoms with van der Waals surface area (Å²) >= 11 is 1.54. The first-order chi connectivity index (χ1) is 16.3. The Hall–Kier alpha value is -2.75. The van der Waals surface area contributed by atoms with Crippen molar-refractivity contribution in [1.29, 1.82) is 0 Å². The molecule has 0 radical (unpaired) electrons. The molecule has 0 spiro atoms. The van der Waals surface area contributed by atoms with Crippen LogP contribution in [0.25, 0.3) is 0 Å². The third-order valence-corrected chi connectivity index (χ3v) is 5.57. The quantitative estimate of drug-likeness (QED) is 0.440. The van der Waals surface area contributed by atoms with Gasteiger partial charge in [-0.05, 0) is 65.5 Å². The summed E-state index contributed by atoms with van der Waals surface area (Å²) in [5.74, 6) is -0.932. The summed E-state index contributed by atoms with van der Waals surface area (Å²) in [5, 5.41) is 5.26. The van der Waals surface area contributed by atoms with Gasteiger partial charge in [-0.3, -0.25) is 14.4 Å². The van der Waals surface area contributed by atoms with E-state index in [0.29, 0.717) is 17.7 Å². The van der Waals surface area contributed by atoms with Crippen molar-refractivity contribution in [3.8, 4) is 0 Å². The predicted octanol–water partition coefficient (Wildman–Crippen LogP) is 3.21. The van der Waals surface area contributed by atoms with Crippen LogP contribution < -0.4 is 10.6 Å². The number of carbonyl (C=O) groups excluding carboxylic acids is 4. The average Bonchev–Trinajstić information content (AvgIpc) is 2.76. The van der Waals surface area contributed by atoms with E-state index in [2.05, 4.69) is 15.4 Å². The van der Waals surface area contributed by atoms with Crippen LogP contribution in [0.2, 0.25) is 0 Å². The molecule has 10 heteroatoms. The Kier molecular flexibility index (Phi) is 12.1. The number of esters is 1. The average molecular weight is 510 g/mol. The molecule has 3 amide bonds. The number of hydrogen-bond acceptors (Lipinski definition) is 7. The predicted molar refractivity (Wildman–Crippen MR) is 137 cm³/mol. The first-order valence-electron chi connectivity index (χ1n) is 11.5. The monoisotopic (exact) mass is 509 g/mol. The molecule has 9 nitrogen and oxygen atoms in total. The van der Waals surface area contributed by atoms with Gasteiger partial charge in [-0.1, -0.05) is 29.8 Å². The molecule has 1 rings (SSSR count). The molecule has 196 valence electrons. The highest BCUT2D eigenvalue weighted by molar-refractivity contribution is 7.98. The van der Waals surface area contributed by atoms with Crippen LogP contribution in [-0.4, -0.2) is 72.1 Å². The standard InChI is InChI=1S/C25H39N3O6S/c1-16(2)28(23(31)19(12-13-35-8)27-24(32)34-25(4,5)6)21(18-11-9-10-17(3)14-18)22(30)26-15-20(29)33-7/h9-11,14,16,19,21H,12-13,15H2,1-8H3,(H,26,30)(H,27,32). The Morgan fingerprint density at radius 1 is 1.14 bits per heavy atom. The van der Waals surface area contributed by atoms with Gasteiger partial charge in [0, 0.05) is 6.04 Å². The van der Waals surface area contributed by atoms with Crippen LogP contribution in [0.4, 0.5) is 4.79 Å². The SMILES string of the molecule is COC(=O)CNC(=O)C(c1cccc(C)c1)N(C(=O)C(CCSC)NC(=O)OC(C)(C)C)C(C)C. The number of rotatable bonds is 11. The number of nitrogens with one attached hydrogen (secondary N) is 2. The maximum atomic E-state index is 13.9. The molecule has 0 aliphatic rings. The number of ether oxygens (including phenoxy) is 2. The van der Waals surface area contributed by atoms with Crippen LogP contribution in [0, 0.1) is 6.92 Å². The highest BCUT2D eigenvalue weighted by Gasteiger charge is 2.37. The van der Waals surface area contributed by atoms with Gasteiger partial charge in [0.1, 0.15) is 24.2 Å². The lowest BCUT2D eigenvalue weighted by Gasteiger charge is -2.37. The molecule has 2 N–H and O–H groups in total. The molecule has 0 fully saturated rings. The van der Waals surface area contributed by atoms with Gasteiger partial charge < -0.3 is 25.0 Å². The molecule has 2 unspecified atom stereocenters. The number of methoxy groups -OCH3 is 1. The lowest BCUT2D eigenvalue weighted by molar-refractivity contribution is -0.146. The molecule has 1 aromatic rings. The first kappa shape index (κ1) is 30.3. The van der Waals surface area contributed by atoms with E-state index in [1.54, 1.807) is 58.5 Å². The van der Waals surface area contributed by atoms with Crippen LogP contribution >= 0.6 is 11.8 Å². The van der Waals surface area contributed by atoms with E-state index in [1.165, 1.54) is 12.0 Å². The Morgan fingerprint density at radius 2 is 1.80 bits per heavy atom. The lowest BCUT2D eigenvalue weighted by Crippen LogP contribution is -2.55. The van der Waals surface area contributed by atoms with Crippen molar-refractivity contribution in [3.05, 3.63) is 35.4 Å². The Morgan fingerprint density at radius 3 is 2.31 bits per heavy atom. The van der Waals surface area contributed by atoms with Gasteiger partial charge in [0.2, 0.25) is 11.8 Å². The highest BCUT2D eigenvalue weighted by Crippen LogP contribution is 2.26. The van der Waals surface area contributed by atoms with Crippen molar-refractivity contribution in [1.82, 2.24) is 15.5 Å². The van der Waals surface area contributed by atoms with Crippen molar-refractivity contribution in [2.24, 2.45) is 0 Å². The molecule has 0 aromatic heterocycles. The highest BCUT2D eigenvalue weighted by atomic mass is 32.2. The Bertz CT molecular complexity index is 884. The normalized spacial score (nSPS) is 12.9. The van der Waals surface area contributed by atoms with E-state index < -0.39 is 47.6 Å². The zero-order valence-electron chi connectivity index (χ0n) is 22.0. The molecule has 0 saturated heterocycles. The summed E-state index contributed by atoms with van der Waals surface area (Å²) in [4.78, 5) is 52.8. The molecule has 0 aliphatic carbocycles. The maximum absolute atomic E-state index is 13.9. The van der Waals surface area contributed by atoms with Gasteiger partial charge in [0.25, 0.3) is 0 Å². The first-order valence-corrected chi connectivity index (χ1v) is 12.9. The van der Waals surface area contributed by atoms with Crippen molar-refractivity contribution >= 4 is 35.6 Å². The van der Waals surface area contributed by atoms with Crippen LogP contribution in [0.5, 0.6) is 0 Å². The molecule has 0 aliphatic heterocycles. The minimum Gasteiger partial charge on any atom is -0.468 e. The number of benzene rings is 1. The smallest absolute Gasteiger partial charge is 0.408 e. The minimum absolute atomic E-state index is 0.330. The fourth-order valence-corrected chi connectivity index (χ4v) is 3.88. The Balaban J connectivity index is 3.41. The molecule has 0 heterocycles. The second kappa shape index (κ2) is 14.0. The molecule has 0 saturated carbocycles. The summed E-state index contributed by atoms with van der Waals surface area (Å²) in [6.45, 7) is 10.4. The zero-order chi connectivity index (χ0) is 26.8. The molecule has 35 heavy (non-hydrogen) atoms. The van der Waals surface area contributed by atoms with Gasteiger partial charge in [0.15, 0.2) is 0 Å². The molecular weight excluding hydrogens is 470 g/mol. The van der Waals surface area contributed by atoms with Gasteiger partial charge in [-0.15, -0.1) is 0 Å². The summed E-state index contributed by atoms with van der Waals surface area (Å²) in [7, 11) is 1.23. The molecule has 2 atom stereocenters. The van der Waals surface area contributed by atoms with Crippen molar-refractivity contribution in [2.45, 2.75) is 71.7 Å². The van der Waals surface area contributed by atoms with Gasteiger partial charge >= 0.3 is 12.1 Å². The van der Waals surface area contributed by atoms with Crippen LogP contribution in [-0.2, 0) is 23.9 Å². The number of carbonyl (C=O) groups is 4. The van der Waals surface area contributed by atoms with Crippen LogP contribution in [0.15, 0.2) is 24.3 Å². The van der Waals surface area contributed by atoms with Gasteiger partial charge in [0.05, 0.1) is 7.11 Å². The second-order valence-corrected chi connectivity index (χ2v) is 10.4. The number of hydrogen-bond donors (Lipinski definition) is 2. The lowest BCUT2D eigenvalue weighted by atomic mass is 9.99.